The normalized spacial score (nSPS) is 10.4. The Morgan fingerprint density at radius 3 is 2.35 bits per heavy atom. The summed E-state index contributed by atoms with van der Waals surface area (Å²) in [5.41, 5.74) is 6.79. The third kappa shape index (κ3) is 3.00. The molecule has 0 aliphatic carbocycles. The van der Waals surface area contributed by atoms with Crippen LogP contribution in [0.3, 0.4) is 0 Å². The number of aryl methyl sites for hydroxylation is 1. The molecule has 2 aromatic rings. The van der Waals surface area contributed by atoms with Crippen molar-refractivity contribution < 1.29 is 4.79 Å². The number of nitrogens with zero attached hydrogens (tertiary/aromatic N) is 2. The Balaban J connectivity index is 2.13. The standard InChI is InChI=1S/C12H11Cl3N4O/c1-6-8(5-16-19(6)2)12(20)18-17-11-9(14)3-7(13)4-10(11)15/h3-5,17H,1-2H3,(H,18,20). The molecule has 0 saturated carbocycles. The predicted octanol–water partition coefficient (Wildman–Crippen LogP) is 3.45. The van der Waals surface area contributed by atoms with E-state index in [1.54, 1.807) is 18.7 Å². The average molecular weight is 334 g/mol. The first-order chi connectivity index (χ1) is 9.40. The Hall–Kier alpha value is -1.43. The molecule has 1 heterocycles. The Morgan fingerprint density at radius 1 is 1.25 bits per heavy atom. The van der Waals surface area contributed by atoms with Gasteiger partial charge in [-0.1, -0.05) is 34.8 Å². The van der Waals surface area contributed by atoms with Crippen LogP contribution in [0.15, 0.2) is 18.3 Å². The minimum Gasteiger partial charge on any atom is -0.295 e. The number of hydrogen-bond acceptors (Lipinski definition) is 3. The van der Waals surface area contributed by atoms with Gasteiger partial charge in [-0.25, -0.2) is 0 Å². The van der Waals surface area contributed by atoms with Gasteiger partial charge in [-0.2, -0.15) is 5.10 Å². The molecule has 20 heavy (non-hydrogen) atoms. The zero-order chi connectivity index (χ0) is 14.9. The minimum absolute atomic E-state index is 0.311. The van der Waals surface area contributed by atoms with Gasteiger partial charge < -0.3 is 0 Å². The van der Waals surface area contributed by atoms with E-state index in [1.807, 2.05) is 0 Å². The van der Waals surface area contributed by atoms with Gasteiger partial charge in [0.1, 0.15) is 0 Å². The molecular weight excluding hydrogens is 323 g/mol. The van der Waals surface area contributed by atoms with Crippen LogP contribution in [-0.2, 0) is 7.05 Å². The number of aromatic nitrogens is 2. The molecule has 5 nitrogen and oxygen atoms in total. The molecule has 2 N–H and O–H groups in total. The number of nitrogens with one attached hydrogen (secondary N) is 2. The number of rotatable bonds is 3. The summed E-state index contributed by atoms with van der Waals surface area (Å²) in [7, 11) is 1.76. The number of benzene rings is 1. The van der Waals surface area contributed by atoms with Crippen molar-refractivity contribution in [2.75, 3.05) is 5.43 Å². The number of hydrazine groups is 1. The van der Waals surface area contributed by atoms with Crippen molar-refractivity contribution >= 4 is 46.4 Å². The molecule has 2 rings (SSSR count). The lowest BCUT2D eigenvalue weighted by Crippen LogP contribution is -2.30. The van der Waals surface area contributed by atoms with Crippen LogP contribution in [0, 0.1) is 6.92 Å². The molecule has 0 unspecified atom stereocenters. The highest BCUT2D eigenvalue weighted by molar-refractivity contribution is 6.41. The molecule has 0 bridgehead atoms. The molecule has 1 aromatic carbocycles. The van der Waals surface area contributed by atoms with Crippen LogP contribution in [0.5, 0.6) is 0 Å². The Kier molecular flexibility index (Phi) is 4.42. The van der Waals surface area contributed by atoms with Crippen molar-refractivity contribution in [1.82, 2.24) is 15.2 Å². The second kappa shape index (κ2) is 5.91. The van der Waals surface area contributed by atoms with E-state index in [0.29, 0.717) is 26.3 Å². The van der Waals surface area contributed by atoms with E-state index >= 15 is 0 Å². The van der Waals surface area contributed by atoms with Gasteiger partial charge in [-0.3, -0.25) is 20.3 Å². The van der Waals surface area contributed by atoms with Crippen molar-refractivity contribution in [2.45, 2.75) is 6.92 Å². The summed E-state index contributed by atoms with van der Waals surface area (Å²) < 4.78 is 1.61. The van der Waals surface area contributed by atoms with Crippen molar-refractivity contribution in [2.24, 2.45) is 7.05 Å². The maximum Gasteiger partial charge on any atom is 0.273 e. The third-order valence-electron chi connectivity index (χ3n) is 2.79. The monoisotopic (exact) mass is 332 g/mol. The Bertz CT molecular complexity index is 646. The zero-order valence-corrected chi connectivity index (χ0v) is 12.9. The maximum absolute atomic E-state index is 12.0. The van der Waals surface area contributed by atoms with Gasteiger partial charge >= 0.3 is 0 Å². The second-order valence-corrected chi connectivity index (χ2v) is 5.34. The Labute approximate surface area is 130 Å². The molecule has 0 radical (unpaired) electrons. The molecule has 1 aromatic heterocycles. The van der Waals surface area contributed by atoms with Crippen LogP contribution in [0.25, 0.3) is 0 Å². The van der Waals surface area contributed by atoms with E-state index < -0.39 is 0 Å². The first-order valence-electron chi connectivity index (χ1n) is 5.59. The van der Waals surface area contributed by atoms with Crippen molar-refractivity contribution in [1.29, 1.82) is 0 Å². The Morgan fingerprint density at radius 2 is 1.85 bits per heavy atom. The van der Waals surface area contributed by atoms with Gasteiger partial charge in [-0.15, -0.1) is 0 Å². The topological polar surface area (TPSA) is 59.0 Å². The molecule has 8 heteroatoms. The lowest BCUT2D eigenvalue weighted by Gasteiger charge is -2.12. The fraction of sp³-hybridized carbons (Fsp3) is 0.167. The maximum atomic E-state index is 12.0. The molecule has 0 aliphatic rings. The quantitative estimate of drug-likeness (QED) is 0.846. The van der Waals surface area contributed by atoms with Gasteiger partial charge in [0.15, 0.2) is 0 Å². The van der Waals surface area contributed by atoms with Crippen molar-refractivity contribution in [3.05, 3.63) is 44.7 Å². The van der Waals surface area contributed by atoms with Gasteiger partial charge in [0.05, 0.1) is 27.5 Å². The van der Waals surface area contributed by atoms with Crippen LogP contribution in [-0.4, -0.2) is 15.7 Å². The molecule has 0 fully saturated rings. The fourth-order valence-electron chi connectivity index (χ4n) is 1.57. The molecular formula is C12H11Cl3N4O. The summed E-state index contributed by atoms with van der Waals surface area (Å²) >= 11 is 17.8. The van der Waals surface area contributed by atoms with Gasteiger partial charge in [0, 0.05) is 17.8 Å². The first kappa shape index (κ1) is 15.0. The summed E-state index contributed by atoms with van der Waals surface area (Å²) in [6.45, 7) is 1.80. The van der Waals surface area contributed by atoms with E-state index in [2.05, 4.69) is 16.0 Å². The van der Waals surface area contributed by atoms with Gasteiger partial charge in [0.25, 0.3) is 5.91 Å². The summed E-state index contributed by atoms with van der Waals surface area (Å²) in [6, 6.07) is 3.05. The molecule has 106 valence electrons. The van der Waals surface area contributed by atoms with E-state index in [0.717, 1.165) is 5.69 Å². The molecule has 0 spiro atoms. The molecule has 0 aliphatic heterocycles. The minimum atomic E-state index is -0.335. The summed E-state index contributed by atoms with van der Waals surface area (Å²) in [6.07, 6.45) is 1.48. The van der Waals surface area contributed by atoms with Crippen LogP contribution in [0.2, 0.25) is 15.1 Å². The lowest BCUT2D eigenvalue weighted by atomic mass is 10.2. The number of halogens is 3. The van der Waals surface area contributed by atoms with E-state index in [1.165, 1.54) is 18.3 Å². The van der Waals surface area contributed by atoms with Crippen LogP contribution in [0.1, 0.15) is 16.1 Å². The van der Waals surface area contributed by atoms with E-state index in [9.17, 15) is 4.79 Å². The van der Waals surface area contributed by atoms with E-state index in [4.69, 9.17) is 34.8 Å². The van der Waals surface area contributed by atoms with Crippen molar-refractivity contribution in [3.8, 4) is 0 Å². The predicted molar refractivity (Wildman–Crippen MR) is 80.5 cm³/mol. The second-order valence-electron chi connectivity index (χ2n) is 4.09. The largest absolute Gasteiger partial charge is 0.295 e. The van der Waals surface area contributed by atoms with E-state index in [-0.39, 0.29) is 5.91 Å². The van der Waals surface area contributed by atoms with Gasteiger partial charge in [0.2, 0.25) is 0 Å². The van der Waals surface area contributed by atoms with Crippen molar-refractivity contribution in [3.63, 3.8) is 0 Å². The van der Waals surface area contributed by atoms with Crippen LogP contribution >= 0.6 is 34.8 Å². The van der Waals surface area contributed by atoms with Crippen LogP contribution in [0.4, 0.5) is 5.69 Å². The third-order valence-corrected chi connectivity index (χ3v) is 3.60. The smallest absolute Gasteiger partial charge is 0.273 e. The molecule has 0 atom stereocenters. The summed E-state index contributed by atoms with van der Waals surface area (Å²) in [4.78, 5) is 12.0. The number of carbonyl (C=O) groups excluding carboxylic acids is 1. The zero-order valence-electron chi connectivity index (χ0n) is 10.7. The summed E-state index contributed by atoms with van der Waals surface area (Å²) in [5, 5.41) is 5.04. The number of amides is 1. The number of anilines is 1. The molecule has 0 saturated heterocycles. The number of carbonyl (C=O) groups is 1. The fourth-order valence-corrected chi connectivity index (χ4v) is 2.48. The SMILES string of the molecule is Cc1c(C(=O)NNc2c(Cl)cc(Cl)cc2Cl)cnn1C. The summed E-state index contributed by atoms with van der Waals surface area (Å²) in [5.74, 6) is -0.335. The highest BCUT2D eigenvalue weighted by atomic mass is 35.5. The first-order valence-corrected chi connectivity index (χ1v) is 6.73. The number of hydrogen-bond donors (Lipinski definition) is 2. The highest BCUT2D eigenvalue weighted by Crippen LogP contribution is 2.33. The average Bonchev–Trinajstić information content (AvgIpc) is 2.68. The van der Waals surface area contributed by atoms with Gasteiger partial charge in [-0.05, 0) is 19.1 Å². The molecule has 1 amide bonds. The van der Waals surface area contributed by atoms with Crippen LogP contribution < -0.4 is 10.9 Å². The highest BCUT2D eigenvalue weighted by Gasteiger charge is 2.14. The lowest BCUT2D eigenvalue weighted by molar-refractivity contribution is 0.0962.